The number of carbonyl (C=O) groups is 3. The van der Waals surface area contributed by atoms with Gasteiger partial charge in [-0.25, -0.2) is 0 Å². The molecule has 8 heteroatoms. The Hall–Kier alpha value is -2.61. The zero-order valence-electron chi connectivity index (χ0n) is 17.9. The van der Waals surface area contributed by atoms with Crippen molar-refractivity contribution in [1.82, 2.24) is 20.0 Å². The molecule has 2 heterocycles. The first kappa shape index (κ1) is 22.1. The summed E-state index contributed by atoms with van der Waals surface area (Å²) in [6, 6.07) is 8.31. The van der Waals surface area contributed by atoms with E-state index in [4.69, 9.17) is 4.74 Å². The van der Waals surface area contributed by atoms with Crippen molar-refractivity contribution in [3.05, 3.63) is 30.3 Å². The molecule has 164 valence electrons. The van der Waals surface area contributed by atoms with Crippen LogP contribution in [0.25, 0.3) is 0 Å². The van der Waals surface area contributed by atoms with Gasteiger partial charge in [-0.1, -0.05) is 18.2 Å². The average Bonchev–Trinajstić information content (AvgIpc) is 3.32. The SMILES string of the molecule is C[C@H](C(=O)N1CCCC1)N1CCN(C(=O)[C@@H](C)NC(=O)COc2ccccc2)CC1. The Labute approximate surface area is 178 Å². The molecule has 0 radical (unpaired) electrons. The second-order valence-electron chi connectivity index (χ2n) is 7.96. The minimum absolute atomic E-state index is 0.110. The monoisotopic (exact) mass is 416 g/mol. The van der Waals surface area contributed by atoms with Crippen LogP contribution in [-0.4, -0.2) is 90.4 Å². The molecule has 1 aromatic carbocycles. The molecule has 2 saturated heterocycles. The van der Waals surface area contributed by atoms with Crippen LogP contribution in [0.4, 0.5) is 0 Å². The van der Waals surface area contributed by atoms with Crippen LogP contribution in [-0.2, 0) is 14.4 Å². The van der Waals surface area contributed by atoms with Crippen LogP contribution >= 0.6 is 0 Å². The van der Waals surface area contributed by atoms with E-state index < -0.39 is 6.04 Å². The fourth-order valence-corrected chi connectivity index (χ4v) is 3.97. The zero-order valence-corrected chi connectivity index (χ0v) is 17.9. The normalized spacial score (nSPS) is 19.3. The van der Waals surface area contributed by atoms with E-state index in [0.29, 0.717) is 31.9 Å². The summed E-state index contributed by atoms with van der Waals surface area (Å²) in [5.41, 5.74) is 0. The van der Waals surface area contributed by atoms with Crippen molar-refractivity contribution in [3.63, 3.8) is 0 Å². The number of rotatable bonds is 7. The summed E-state index contributed by atoms with van der Waals surface area (Å²) in [5, 5.41) is 2.71. The molecule has 0 saturated carbocycles. The van der Waals surface area contributed by atoms with Crippen LogP contribution in [0, 0.1) is 0 Å². The molecule has 0 unspecified atom stereocenters. The van der Waals surface area contributed by atoms with E-state index >= 15 is 0 Å². The van der Waals surface area contributed by atoms with Gasteiger partial charge in [-0.3, -0.25) is 19.3 Å². The number of piperazine rings is 1. The fraction of sp³-hybridized carbons (Fsp3) is 0.591. The first-order valence-electron chi connectivity index (χ1n) is 10.7. The Kier molecular flexibility index (Phi) is 7.68. The molecule has 2 atom stereocenters. The highest BCUT2D eigenvalue weighted by Crippen LogP contribution is 2.14. The highest BCUT2D eigenvalue weighted by molar-refractivity contribution is 5.88. The van der Waals surface area contributed by atoms with Crippen LogP contribution in [0.2, 0.25) is 0 Å². The van der Waals surface area contributed by atoms with Gasteiger partial charge in [-0.15, -0.1) is 0 Å². The van der Waals surface area contributed by atoms with Crippen molar-refractivity contribution < 1.29 is 19.1 Å². The molecular formula is C22H32N4O4. The van der Waals surface area contributed by atoms with E-state index in [2.05, 4.69) is 10.2 Å². The number of carbonyl (C=O) groups excluding carboxylic acids is 3. The number of para-hydroxylation sites is 1. The van der Waals surface area contributed by atoms with Gasteiger partial charge in [0, 0.05) is 39.3 Å². The maximum Gasteiger partial charge on any atom is 0.258 e. The predicted octanol–water partition coefficient (Wildman–Crippen LogP) is 0.725. The molecule has 2 fully saturated rings. The van der Waals surface area contributed by atoms with Gasteiger partial charge in [-0.05, 0) is 38.8 Å². The summed E-state index contributed by atoms with van der Waals surface area (Å²) in [5.74, 6) is 0.357. The molecule has 0 spiro atoms. The van der Waals surface area contributed by atoms with E-state index in [-0.39, 0.29) is 30.4 Å². The molecule has 2 aliphatic rings. The smallest absolute Gasteiger partial charge is 0.258 e. The average molecular weight is 417 g/mol. The third-order valence-corrected chi connectivity index (χ3v) is 5.81. The van der Waals surface area contributed by atoms with E-state index in [9.17, 15) is 14.4 Å². The van der Waals surface area contributed by atoms with Gasteiger partial charge in [0.25, 0.3) is 5.91 Å². The van der Waals surface area contributed by atoms with Crippen molar-refractivity contribution in [3.8, 4) is 5.75 Å². The maximum atomic E-state index is 12.7. The van der Waals surface area contributed by atoms with Gasteiger partial charge in [0.1, 0.15) is 11.8 Å². The van der Waals surface area contributed by atoms with Gasteiger partial charge < -0.3 is 19.9 Å². The van der Waals surface area contributed by atoms with E-state index in [1.807, 2.05) is 30.0 Å². The summed E-state index contributed by atoms with van der Waals surface area (Å²) >= 11 is 0. The van der Waals surface area contributed by atoms with Crippen molar-refractivity contribution >= 4 is 17.7 Å². The van der Waals surface area contributed by atoms with Crippen molar-refractivity contribution in [2.24, 2.45) is 0 Å². The standard InChI is InChI=1S/C22H32N4O4/c1-17(23-20(27)16-30-19-8-4-3-5-9-19)21(28)26-14-12-24(13-15-26)18(2)22(29)25-10-6-7-11-25/h3-5,8-9,17-18H,6-7,10-16H2,1-2H3,(H,23,27)/t17-,18-/m1/s1. The highest BCUT2D eigenvalue weighted by Gasteiger charge is 2.32. The van der Waals surface area contributed by atoms with Crippen molar-refractivity contribution in [2.75, 3.05) is 45.9 Å². The minimum Gasteiger partial charge on any atom is -0.484 e. The van der Waals surface area contributed by atoms with Gasteiger partial charge >= 0.3 is 0 Å². The molecule has 1 N–H and O–H groups in total. The molecule has 0 aromatic heterocycles. The van der Waals surface area contributed by atoms with E-state index in [1.165, 1.54) is 0 Å². The first-order chi connectivity index (χ1) is 14.5. The van der Waals surface area contributed by atoms with Crippen molar-refractivity contribution in [2.45, 2.75) is 38.8 Å². The van der Waals surface area contributed by atoms with Crippen LogP contribution in [0.15, 0.2) is 30.3 Å². The maximum absolute atomic E-state index is 12.7. The Bertz CT molecular complexity index is 728. The zero-order chi connectivity index (χ0) is 21.5. The van der Waals surface area contributed by atoms with Gasteiger partial charge in [0.2, 0.25) is 11.8 Å². The predicted molar refractivity (Wildman–Crippen MR) is 113 cm³/mol. The lowest BCUT2D eigenvalue weighted by molar-refractivity contribution is -0.140. The van der Waals surface area contributed by atoms with Gasteiger partial charge in [0.15, 0.2) is 6.61 Å². The third kappa shape index (κ3) is 5.72. The molecule has 30 heavy (non-hydrogen) atoms. The van der Waals surface area contributed by atoms with Crippen LogP contribution in [0.1, 0.15) is 26.7 Å². The number of nitrogens with one attached hydrogen (secondary N) is 1. The molecule has 3 amide bonds. The van der Waals surface area contributed by atoms with Gasteiger partial charge in [0.05, 0.1) is 6.04 Å². The minimum atomic E-state index is -0.618. The third-order valence-electron chi connectivity index (χ3n) is 5.81. The van der Waals surface area contributed by atoms with E-state index in [0.717, 1.165) is 25.9 Å². The first-order valence-corrected chi connectivity index (χ1v) is 10.7. The second kappa shape index (κ2) is 10.4. The molecule has 1 aromatic rings. The Balaban J connectivity index is 1.40. The summed E-state index contributed by atoms with van der Waals surface area (Å²) in [7, 11) is 0. The largest absolute Gasteiger partial charge is 0.484 e. The van der Waals surface area contributed by atoms with Crippen LogP contribution < -0.4 is 10.1 Å². The quantitative estimate of drug-likeness (QED) is 0.709. The lowest BCUT2D eigenvalue weighted by Crippen LogP contribution is -2.58. The van der Waals surface area contributed by atoms with Crippen LogP contribution in [0.5, 0.6) is 5.75 Å². The Morgan fingerprint density at radius 3 is 2.13 bits per heavy atom. The Morgan fingerprint density at radius 2 is 1.50 bits per heavy atom. The number of hydrogen-bond acceptors (Lipinski definition) is 5. The Morgan fingerprint density at radius 1 is 0.900 bits per heavy atom. The number of ether oxygens (including phenoxy) is 1. The second-order valence-corrected chi connectivity index (χ2v) is 7.96. The number of benzene rings is 1. The summed E-state index contributed by atoms with van der Waals surface area (Å²) < 4.78 is 5.42. The summed E-state index contributed by atoms with van der Waals surface area (Å²) in [6.45, 7) is 7.64. The van der Waals surface area contributed by atoms with Crippen molar-refractivity contribution in [1.29, 1.82) is 0 Å². The summed E-state index contributed by atoms with van der Waals surface area (Å²) in [4.78, 5) is 43.2. The molecule has 8 nitrogen and oxygen atoms in total. The number of nitrogens with zero attached hydrogens (tertiary/aromatic N) is 3. The van der Waals surface area contributed by atoms with Gasteiger partial charge in [-0.2, -0.15) is 0 Å². The lowest BCUT2D eigenvalue weighted by atomic mass is 10.2. The number of likely N-dealkylation sites (tertiary alicyclic amines) is 1. The topological polar surface area (TPSA) is 82.2 Å². The van der Waals surface area contributed by atoms with E-state index in [1.54, 1.807) is 24.0 Å². The molecule has 0 aliphatic carbocycles. The molecule has 3 rings (SSSR count). The lowest BCUT2D eigenvalue weighted by Gasteiger charge is -2.39. The fourth-order valence-electron chi connectivity index (χ4n) is 3.97. The molecule has 0 bridgehead atoms. The molecular weight excluding hydrogens is 384 g/mol. The number of hydrogen-bond donors (Lipinski definition) is 1. The molecule has 2 aliphatic heterocycles. The highest BCUT2D eigenvalue weighted by atomic mass is 16.5. The van der Waals surface area contributed by atoms with Crippen LogP contribution in [0.3, 0.4) is 0 Å². The number of amides is 3. The summed E-state index contributed by atoms with van der Waals surface area (Å²) in [6.07, 6.45) is 2.17.